The highest BCUT2D eigenvalue weighted by Gasteiger charge is 2.17. The van der Waals surface area contributed by atoms with Gasteiger partial charge in [0.05, 0.1) is 19.8 Å². The molecule has 0 saturated carbocycles. The molecule has 1 aromatic heterocycles. The van der Waals surface area contributed by atoms with Crippen LogP contribution in [0.3, 0.4) is 0 Å². The molecule has 130 valence electrons. The SMILES string of the molecule is COc1cccc(-c2nnc(NCc3cccc(F)c3F)o2)c1OC. The van der Waals surface area contributed by atoms with Crippen LogP contribution in [0.15, 0.2) is 40.8 Å². The van der Waals surface area contributed by atoms with Crippen LogP contribution in [0.5, 0.6) is 11.5 Å². The molecule has 6 nitrogen and oxygen atoms in total. The first-order valence-corrected chi connectivity index (χ1v) is 7.35. The van der Waals surface area contributed by atoms with Gasteiger partial charge >= 0.3 is 6.01 Å². The minimum atomic E-state index is -0.913. The van der Waals surface area contributed by atoms with Crippen LogP contribution in [0.4, 0.5) is 14.8 Å². The van der Waals surface area contributed by atoms with Crippen molar-refractivity contribution in [2.45, 2.75) is 6.54 Å². The Morgan fingerprint density at radius 1 is 1.04 bits per heavy atom. The number of nitrogens with one attached hydrogen (secondary N) is 1. The van der Waals surface area contributed by atoms with Crippen molar-refractivity contribution < 1.29 is 22.7 Å². The number of methoxy groups -OCH3 is 2. The lowest BCUT2D eigenvalue weighted by Crippen LogP contribution is -2.03. The van der Waals surface area contributed by atoms with E-state index in [2.05, 4.69) is 15.5 Å². The Kier molecular flexibility index (Phi) is 4.78. The van der Waals surface area contributed by atoms with Crippen LogP contribution in [-0.2, 0) is 6.54 Å². The summed E-state index contributed by atoms with van der Waals surface area (Å²) in [5.74, 6) is -0.639. The first-order valence-electron chi connectivity index (χ1n) is 7.35. The predicted molar refractivity (Wildman–Crippen MR) is 86.5 cm³/mol. The fourth-order valence-electron chi connectivity index (χ4n) is 2.31. The Morgan fingerprint density at radius 3 is 2.60 bits per heavy atom. The maximum absolute atomic E-state index is 13.6. The minimum Gasteiger partial charge on any atom is -0.493 e. The topological polar surface area (TPSA) is 69.4 Å². The van der Waals surface area contributed by atoms with Crippen LogP contribution in [0.25, 0.3) is 11.5 Å². The molecule has 1 heterocycles. The quantitative estimate of drug-likeness (QED) is 0.734. The lowest BCUT2D eigenvalue weighted by atomic mass is 10.2. The second-order valence-electron chi connectivity index (χ2n) is 5.02. The molecule has 0 bridgehead atoms. The molecule has 25 heavy (non-hydrogen) atoms. The standard InChI is InChI=1S/C17H15F2N3O3/c1-23-13-8-4-6-11(15(13)24-2)16-21-22-17(25-16)20-9-10-5-3-7-12(18)14(10)19/h3-8H,9H2,1-2H3,(H,20,22). The largest absolute Gasteiger partial charge is 0.493 e. The molecule has 0 atom stereocenters. The van der Waals surface area contributed by atoms with E-state index in [9.17, 15) is 8.78 Å². The summed E-state index contributed by atoms with van der Waals surface area (Å²) in [5, 5.41) is 10.6. The number of hydrogen-bond acceptors (Lipinski definition) is 6. The Labute approximate surface area is 142 Å². The second-order valence-corrected chi connectivity index (χ2v) is 5.02. The summed E-state index contributed by atoms with van der Waals surface area (Å²) in [4.78, 5) is 0. The van der Waals surface area contributed by atoms with Gasteiger partial charge in [-0.25, -0.2) is 8.78 Å². The summed E-state index contributed by atoms with van der Waals surface area (Å²) < 4.78 is 42.9. The van der Waals surface area contributed by atoms with Crippen molar-refractivity contribution >= 4 is 6.01 Å². The summed E-state index contributed by atoms with van der Waals surface area (Å²) in [6.07, 6.45) is 0. The molecule has 0 spiro atoms. The van der Waals surface area contributed by atoms with E-state index in [1.165, 1.54) is 26.4 Å². The van der Waals surface area contributed by atoms with Crippen molar-refractivity contribution in [3.63, 3.8) is 0 Å². The maximum Gasteiger partial charge on any atom is 0.316 e. The second kappa shape index (κ2) is 7.16. The highest BCUT2D eigenvalue weighted by atomic mass is 19.2. The molecular weight excluding hydrogens is 332 g/mol. The van der Waals surface area contributed by atoms with Gasteiger partial charge in [0.1, 0.15) is 0 Å². The van der Waals surface area contributed by atoms with Gasteiger partial charge in [-0.1, -0.05) is 23.3 Å². The van der Waals surface area contributed by atoms with Crippen molar-refractivity contribution in [2.75, 3.05) is 19.5 Å². The Balaban J connectivity index is 1.80. The van der Waals surface area contributed by atoms with Crippen LogP contribution >= 0.6 is 0 Å². The van der Waals surface area contributed by atoms with E-state index in [0.29, 0.717) is 17.1 Å². The molecule has 2 aromatic carbocycles. The highest BCUT2D eigenvalue weighted by Crippen LogP contribution is 2.37. The number of halogens is 2. The Morgan fingerprint density at radius 2 is 1.84 bits per heavy atom. The van der Waals surface area contributed by atoms with Gasteiger partial charge in [0.2, 0.25) is 0 Å². The third kappa shape index (κ3) is 3.37. The molecule has 0 amide bonds. The predicted octanol–water partition coefficient (Wildman–Crippen LogP) is 3.64. The van der Waals surface area contributed by atoms with Gasteiger partial charge in [-0.15, -0.1) is 5.10 Å². The van der Waals surface area contributed by atoms with Crippen LogP contribution < -0.4 is 14.8 Å². The monoisotopic (exact) mass is 347 g/mol. The molecule has 8 heteroatoms. The fraction of sp³-hybridized carbons (Fsp3) is 0.176. The van der Waals surface area contributed by atoms with Crippen LogP contribution in [0, 0.1) is 11.6 Å². The number of para-hydroxylation sites is 1. The van der Waals surface area contributed by atoms with Crippen molar-refractivity contribution in [3.05, 3.63) is 53.6 Å². The number of aromatic nitrogens is 2. The van der Waals surface area contributed by atoms with Crippen LogP contribution in [-0.4, -0.2) is 24.4 Å². The molecule has 0 fully saturated rings. The minimum absolute atomic E-state index is 0.000469. The average molecular weight is 347 g/mol. The summed E-state index contributed by atoms with van der Waals surface area (Å²) in [6.45, 7) is 0.000469. The summed E-state index contributed by atoms with van der Waals surface area (Å²) >= 11 is 0. The van der Waals surface area contributed by atoms with Crippen molar-refractivity contribution in [1.29, 1.82) is 0 Å². The van der Waals surface area contributed by atoms with E-state index in [0.717, 1.165) is 6.07 Å². The Hall–Kier alpha value is -3.16. The fourth-order valence-corrected chi connectivity index (χ4v) is 2.31. The lowest BCUT2D eigenvalue weighted by molar-refractivity contribution is 0.355. The number of anilines is 1. The summed E-state index contributed by atoms with van der Waals surface area (Å²) in [6, 6.07) is 9.26. The maximum atomic E-state index is 13.6. The lowest BCUT2D eigenvalue weighted by Gasteiger charge is -2.09. The van der Waals surface area contributed by atoms with E-state index in [4.69, 9.17) is 13.9 Å². The van der Waals surface area contributed by atoms with Crippen LogP contribution in [0.2, 0.25) is 0 Å². The molecule has 0 aliphatic carbocycles. The summed E-state index contributed by atoms with van der Waals surface area (Å²) in [5.41, 5.74) is 0.707. The van der Waals surface area contributed by atoms with Gasteiger partial charge < -0.3 is 19.2 Å². The zero-order valence-electron chi connectivity index (χ0n) is 13.5. The van der Waals surface area contributed by atoms with Gasteiger partial charge in [-0.2, -0.15) is 0 Å². The van der Waals surface area contributed by atoms with Gasteiger partial charge in [0, 0.05) is 12.1 Å². The number of rotatable bonds is 6. The normalized spacial score (nSPS) is 10.6. The molecule has 0 saturated heterocycles. The first-order chi connectivity index (χ1) is 12.1. The van der Waals surface area contributed by atoms with E-state index >= 15 is 0 Å². The van der Waals surface area contributed by atoms with Crippen molar-refractivity contribution in [1.82, 2.24) is 10.2 Å². The molecule has 1 N–H and O–H groups in total. The Bertz CT molecular complexity index is 883. The molecular formula is C17H15F2N3O3. The van der Waals surface area contributed by atoms with Gasteiger partial charge in [-0.05, 0) is 18.2 Å². The highest BCUT2D eigenvalue weighted by molar-refractivity contribution is 5.67. The smallest absolute Gasteiger partial charge is 0.316 e. The number of ether oxygens (including phenoxy) is 2. The summed E-state index contributed by atoms with van der Waals surface area (Å²) in [7, 11) is 3.03. The average Bonchev–Trinajstić information content (AvgIpc) is 3.11. The van der Waals surface area contributed by atoms with Gasteiger partial charge in [-0.3, -0.25) is 0 Å². The number of hydrogen-bond donors (Lipinski definition) is 1. The number of nitrogens with zero attached hydrogens (tertiary/aromatic N) is 2. The van der Waals surface area contributed by atoms with Crippen molar-refractivity contribution in [2.24, 2.45) is 0 Å². The zero-order chi connectivity index (χ0) is 17.8. The molecule has 3 rings (SSSR count). The van der Waals surface area contributed by atoms with E-state index < -0.39 is 11.6 Å². The number of benzene rings is 2. The van der Waals surface area contributed by atoms with Crippen molar-refractivity contribution in [3.8, 4) is 23.0 Å². The van der Waals surface area contributed by atoms with E-state index in [1.54, 1.807) is 18.2 Å². The first kappa shape index (κ1) is 16.7. The van der Waals surface area contributed by atoms with E-state index in [-0.39, 0.29) is 24.0 Å². The third-order valence-electron chi connectivity index (χ3n) is 3.52. The zero-order valence-corrected chi connectivity index (χ0v) is 13.5. The molecule has 0 aliphatic heterocycles. The molecule has 0 radical (unpaired) electrons. The molecule has 0 unspecified atom stereocenters. The van der Waals surface area contributed by atoms with Crippen LogP contribution in [0.1, 0.15) is 5.56 Å². The van der Waals surface area contributed by atoms with E-state index in [1.807, 2.05) is 0 Å². The van der Waals surface area contributed by atoms with Gasteiger partial charge in [0.25, 0.3) is 5.89 Å². The van der Waals surface area contributed by atoms with Gasteiger partial charge in [0.15, 0.2) is 23.1 Å². The molecule has 3 aromatic rings. The third-order valence-corrected chi connectivity index (χ3v) is 3.52. The molecule has 0 aliphatic rings.